The van der Waals surface area contributed by atoms with E-state index >= 15 is 0 Å². The van der Waals surface area contributed by atoms with Crippen LogP contribution in [0.5, 0.6) is 0 Å². The molecule has 2 aliphatic rings. The predicted molar refractivity (Wildman–Crippen MR) is 430 cm³/mol. The van der Waals surface area contributed by atoms with Crippen LogP contribution in [0, 0.1) is 80.9 Å². The van der Waals surface area contributed by atoms with Crippen LogP contribution in [-0.4, -0.2) is 155 Å². The number of anilines is 3. The van der Waals surface area contributed by atoms with Gasteiger partial charge in [-0.3, -0.25) is 33.8 Å². The first kappa shape index (κ1) is 91.2. The number of amides is 5. The van der Waals surface area contributed by atoms with Gasteiger partial charge >= 0.3 is 23.9 Å². The number of esters is 3. The predicted octanol–water partition coefficient (Wildman–Crippen LogP) is 16.6. The molecular weight excluding hydrogens is 1470 g/mol. The highest BCUT2D eigenvalue weighted by Gasteiger charge is 2.40. The van der Waals surface area contributed by atoms with E-state index in [1.165, 1.54) is 91.0 Å². The number of allylic oxidation sites excluding steroid dienone is 4. The molecule has 0 radical (unpaired) electrons. The van der Waals surface area contributed by atoms with E-state index in [1.807, 2.05) is 117 Å². The molecule has 2 unspecified atom stereocenters. The third-order valence-electron chi connectivity index (χ3n) is 15.7. The molecule has 0 aliphatic heterocycles. The van der Waals surface area contributed by atoms with Crippen molar-refractivity contribution in [2.45, 2.75) is 194 Å². The fourth-order valence-electron chi connectivity index (χ4n) is 10.1. The summed E-state index contributed by atoms with van der Waals surface area (Å²) in [5.41, 5.74) is 3.14. The summed E-state index contributed by atoms with van der Waals surface area (Å²) in [6.07, 6.45) is 9.85. The lowest BCUT2D eigenvalue weighted by Crippen LogP contribution is -2.51. The number of nitrogens with one attached hydrogen (secondary N) is 1. The normalized spacial score (nSPS) is 14.8. The van der Waals surface area contributed by atoms with E-state index in [4.69, 9.17) is 9.47 Å². The van der Waals surface area contributed by atoms with Gasteiger partial charge < -0.3 is 39.3 Å². The van der Waals surface area contributed by atoms with Crippen molar-refractivity contribution in [3.63, 3.8) is 0 Å². The van der Waals surface area contributed by atoms with Crippen LogP contribution in [0.4, 0.5) is 17.1 Å². The van der Waals surface area contributed by atoms with Crippen LogP contribution in [0.2, 0.25) is 0 Å². The van der Waals surface area contributed by atoms with Crippen LogP contribution in [-0.2, 0) is 38.2 Å². The molecule has 0 saturated heterocycles. The van der Waals surface area contributed by atoms with E-state index in [-0.39, 0.29) is 84.4 Å². The first-order chi connectivity index (χ1) is 48.7. The van der Waals surface area contributed by atoms with Gasteiger partial charge in [0.2, 0.25) is 29.5 Å². The summed E-state index contributed by atoms with van der Waals surface area (Å²) in [5.74, 6) is 21.1. The van der Waals surface area contributed by atoms with Crippen molar-refractivity contribution < 1.29 is 62.5 Å². The zero-order valence-electron chi connectivity index (χ0n) is 66.3. The molecule has 19 nitrogen and oxygen atoms in total. The van der Waals surface area contributed by atoms with E-state index in [2.05, 4.69) is 92.4 Å². The molecule has 0 fully saturated rings. The minimum atomic E-state index is -1.13. The summed E-state index contributed by atoms with van der Waals surface area (Å²) in [7, 11) is 14.1. The third-order valence-corrected chi connectivity index (χ3v) is 20.7. The first-order valence-corrected chi connectivity index (χ1v) is 38.9. The number of carbonyl (C=O) groups excluding carboxylic acids is 8. The van der Waals surface area contributed by atoms with Gasteiger partial charge in [-0.1, -0.05) is 91.4 Å². The van der Waals surface area contributed by atoms with Crippen LogP contribution in [0.15, 0.2) is 52.0 Å². The minimum Gasteiger partial charge on any atom is -0.477 e. The standard InChI is InChI=1S/C26H36N2O4S.C25H34N2O4S.C18H26N2O3S.C12H13BrO2S/c1-9-20(24(30)27(6)7)28(23(29)18-12-10-17(2)11-13-18)21-16-19(14-15-26(3,4)5)33-22(21)25(31)32-8;1-8-19(23(29)26(6)7)27(22(28)17-11-9-16(2)10-12-17)20-15-18(13-14-25(3,4)5)32-21(20)24(30)31;1-8-13(16(21)20(5)6)19-14-11-12(9-10-18(2,3)4)24-15(14)17(22)23-7;1-12(2,3)6-5-8-7-9(13)10(16-8)11(14)15-4/h10,16,18,20H,9,11-13H2,1-8H3;9,15,17,19H,8,10-12H2,1-7H3,(H,30,31);11,13,19H,8H2,1-7H3;7H,1-4H3/t18?,20-;17?,19-;13-;/m000./s1. The van der Waals surface area contributed by atoms with Crippen molar-refractivity contribution in [2.24, 2.45) is 33.5 Å². The number of aromatic carboxylic acids is 1. The van der Waals surface area contributed by atoms with Gasteiger partial charge in [0.05, 0.1) is 57.9 Å². The molecule has 0 aromatic carbocycles. The highest BCUT2D eigenvalue weighted by molar-refractivity contribution is 9.10. The van der Waals surface area contributed by atoms with Crippen molar-refractivity contribution >= 4 is 132 Å². The lowest BCUT2D eigenvalue weighted by Gasteiger charge is -2.35. The molecule has 5 amide bonds. The largest absolute Gasteiger partial charge is 0.477 e. The molecule has 24 heteroatoms. The van der Waals surface area contributed by atoms with Gasteiger partial charge in [-0.25, -0.2) is 19.2 Å². The molecule has 2 N–H and O–H groups in total. The van der Waals surface area contributed by atoms with Crippen LogP contribution in [0.3, 0.4) is 0 Å². The van der Waals surface area contributed by atoms with Crippen LogP contribution >= 0.6 is 61.3 Å². The second kappa shape index (κ2) is 40.7. The monoisotopic (exact) mass is 1580 g/mol. The van der Waals surface area contributed by atoms with Crippen LogP contribution < -0.4 is 15.1 Å². The van der Waals surface area contributed by atoms with Gasteiger partial charge in [0, 0.05) is 80.3 Å². The number of rotatable bonds is 18. The maximum atomic E-state index is 13.9. The van der Waals surface area contributed by atoms with E-state index in [9.17, 15) is 48.3 Å². The molecule has 4 aromatic heterocycles. The van der Waals surface area contributed by atoms with Crippen molar-refractivity contribution in [1.82, 2.24) is 14.7 Å². The summed E-state index contributed by atoms with van der Waals surface area (Å²) < 4.78 is 15.3. The van der Waals surface area contributed by atoms with Gasteiger partial charge in [-0.15, -0.1) is 45.3 Å². The number of methoxy groups -OCH3 is 3. The number of hydrogen-bond donors (Lipinski definition) is 2. The molecule has 5 atom stereocenters. The highest BCUT2D eigenvalue weighted by atomic mass is 79.9. The van der Waals surface area contributed by atoms with Crippen molar-refractivity contribution in [3.05, 3.63) is 91.1 Å². The van der Waals surface area contributed by atoms with E-state index in [0.29, 0.717) is 69.4 Å². The molecule has 572 valence electrons. The average Bonchev–Trinajstić information content (AvgIpc) is 1.69. The van der Waals surface area contributed by atoms with Gasteiger partial charge in [-0.05, 0) is 195 Å². The number of likely N-dealkylation sites (N-methyl/N-ethyl adjacent to an activating group) is 3. The maximum absolute atomic E-state index is 13.9. The van der Waals surface area contributed by atoms with Crippen LogP contribution in [0.1, 0.15) is 234 Å². The molecule has 0 saturated carbocycles. The Kier molecular flexibility index (Phi) is 35.3. The van der Waals surface area contributed by atoms with Gasteiger partial charge in [0.15, 0.2) is 0 Å². The van der Waals surface area contributed by atoms with E-state index in [1.54, 1.807) is 60.5 Å². The summed E-state index contributed by atoms with van der Waals surface area (Å²) in [5, 5.41) is 13.1. The summed E-state index contributed by atoms with van der Waals surface area (Å²) in [6, 6.07) is 5.16. The van der Waals surface area contributed by atoms with Crippen molar-refractivity contribution in [1.29, 1.82) is 0 Å². The Morgan fingerprint density at radius 2 is 0.819 bits per heavy atom. The number of ether oxygens (including phenoxy) is 3. The number of carboxylic acid groups (broad SMARTS) is 1. The molecule has 4 heterocycles. The van der Waals surface area contributed by atoms with Crippen LogP contribution in [0.25, 0.3) is 0 Å². The number of nitrogens with zero attached hydrogens (tertiary/aromatic N) is 5. The second-order valence-electron chi connectivity index (χ2n) is 30.2. The van der Waals surface area contributed by atoms with Crippen molar-refractivity contribution in [3.8, 4) is 47.4 Å². The minimum absolute atomic E-state index is 0.0316. The zero-order chi connectivity index (χ0) is 80.0. The Hall–Kier alpha value is -7.97. The summed E-state index contributed by atoms with van der Waals surface area (Å²) in [6.45, 7) is 33.9. The summed E-state index contributed by atoms with van der Waals surface area (Å²) >= 11 is 8.17. The quantitative estimate of drug-likeness (QED) is 0.0409. The number of halogens is 1. The number of hydrogen-bond acceptors (Lipinski definition) is 17. The molecule has 0 bridgehead atoms. The first-order valence-electron chi connectivity index (χ1n) is 34.9. The second-order valence-corrected chi connectivity index (χ2v) is 35.2. The fraction of sp³-hybridized carbons (Fsp3) is 0.543. The smallest absolute Gasteiger partial charge is 0.350 e. The lowest BCUT2D eigenvalue weighted by molar-refractivity contribution is -0.133. The molecule has 2 aliphatic carbocycles. The maximum Gasteiger partial charge on any atom is 0.350 e. The molecular formula is C81H109BrN6O13S4. The Morgan fingerprint density at radius 1 is 0.495 bits per heavy atom. The Bertz CT molecular complexity index is 4110. The Morgan fingerprint density at radius 3 is 1.14 bits per heavy atom. The Labute approximate surface area is 648 Å². The Balaban J connectivity index is 0.000000375. The van der Waals surface area contributed by atoms with E-state index < -0.39 is 36.0 Å². The summed E-state index contributed by atoms with van der Waals surface area (Å²) in [4.78, 5) is 126. The number of carboxylic acids is 1. The third kappa shape index (κ3) is 28.7. The number of thiophene rings is 4. The highest BCUT2D eigenvalue weighted by Crippen LogP contribution is 2.39. The topological polar surface area (TPSA) is 230 Å². The molecule has 105 heavy (non-hydrogen) atoms. The van der Waals surface area contributed by atoms with Gasteiger partial charge in [0.1, 0.15) is 37.6 Å². The SMILES string of the molecule is CC[C@@H](C(=O)N(C)C)N(C(=O)C1CC=C(C)CC1)c1cc(C#CC(C)(C)C)sc1C(=O)O.CC[C@@H](C(=O)N(C)C)N(C(=O)C1CC=C(C)CC1)c1cc(C#CC(C)(C)C)sc1C(=O)OC.CC[C@H](Nc1cc(C#CC(C)(C)C)sc1C(=O)OC)C(=O)N(C)C.COC(=O)c1sc(C#CC(C)(C)C)cc1Br. The van der Waals surface area contributed by atoms with Crippen molar-refractivity contribution in [2.75, 3.05) is 78.7 Å². The van der Waals surface area contributed by atoms with Gasteiger partial charge in [-0.2, -0.15) is 0 Å². The van der Waals surface area contributed by atoms with E-state index in [0.717, 1.165) is 44.8 Å². The van der Waals surface area contributed by atoms with Gasteiger partial charge in [0.25, 0.3) is 0 Å². The number of carbonyl (C=O) groups is 9. The lowest BCUT2D eigenvalue weighted by atomic mass is 9.88. The average molecular weight is 1580 g/mol. The zero-order valence-corrected chi connectivity index (χ0v) is 71.2. The molecule has 6 rings (SSSR count). The molecule has 4 aromatic rings. The fourth-order valence-corrected chi connectivity index (χ4v) is 14.4. The molecule has 0 spiro atoms.